The molecule has 0 aromatic heterocycles. The molecule has 0 bridgehead atoms. The molecule has 3 heterocycles. The minimum Gasteiger partial charge on any atom is -0.475 e. The van der Waals surface area contributed by atoms with Crippen molar-refractivity contribution in [2.45, 2.75) is 44.0 Å². The van der Waals surface area contributed by atoms with Gasteiger partial charge in [-0.1, -0.05) is 18.2 Å². The molecule has 1 amide bonds. The number of carboxylic acids is 1. The molecule has 0 spiro atoms. The number of amides is 1. The van der Waals surface area contributed by atoms with Crippen molar-refractivity contribution in [1.29, 1.82) is 0 Å². The van der Waals surface area contributed by atoms with E-state index in [1.807, 2.05) is 30.3 Å². The molecule has 3 fully saturated rings. The maximum absolute atomic E-state index is 12.9. The van der Waals surface area contributed by atoms with Gasteiger partial charge in [-0.05, 0) is 50.9 Å². The largest absolute Gasteiger partial charge is 0.490 e. The van der Waals surface area contributed by atoms with Crippen molar-refractivity contribution in [2.24, 2.45) is 5.92 Å². The van der Waals surface area contributed by atoms with E-state index in [2.05, 4.69) is 9.80 Å². The smallest absolute Gasteiger partial charge is 0.475 e. The number of benzene rings is 1. The van der Waals surface area contributed by atoms with E-state index in [1.54, 1.807) is 0 Å². The molecule has 4 rings (SSSR count). The quantitative estimate of drug-likeness (QED) is 0.784. The van der Waals surface area contributed by atoms with Gasteiger partial charge in [-0.15, -0.1) is 0 Å². The number of carbonyl (C=O) groups is 2. The first-order valence-corrected chi connectivity index (χ1v) is 10.3. The van der Waals surface area contributed by atoms with E-state index in [0.29, 0.717) is 18.1 Å². The van der Waals surface area contributed by atoms with Crippen LogP contribution in [0.5, 0.6) is 0 Å². The number of halogens is 3. The lowest BCUT2D eigenvalue weighted by Gasteiger charge is -2.48. The third-order valence-electron chi connectivity index (χ3n) is 5.90. The summed E-state index contributed by atoms with van der Waals surface area (Å²) in [5, 5.41) is 7.12. The van der Waals surface area contributed by atoms with Crippen molar-refractivity contribution in [3.8, 4) is 0 Å². The third kappa shape index (κ3) is 5.51. The molecular formula is C21H27F3N2O4. The molecular weight excluding hydrogens is 401 g/mol. The van der Waals surface area contributed by atoms with Gasteiger partial charge < -0.3 is 14.7 Å². The van der Waals surface area contributed by atoms with Crippen molar-refractivity contribution in [2.75, 3.05) is 32.8 Å². The fourth-order valence-corrected chi connectivity index (χ4v) is 4.50. The van der Waals surface area contributed by atoms with E-state index in [0.717, 1.165) is 44.8 Å². The van der Waals surface area contributed by atoms with Gasteiger partial charge in [-0.2, -0.15) is 13.2 Å². The summed E-state index contributed by atoms with van der Waals surface area (Å²) >= 11 is 0. The Hall–Kier alpha value is -2.13. The zero-order chi connectivity index (χ0) is 21.7. The standard InChI is InChI=1S/C19H26N2O2.C2HF3O2/c22-19(15-7-2-1-3-8-15)21-13-16-9-6-12-23-18(16)17(14-21)20-10-4-5-11-20;3-2(4,5)1(6)7/h1-3,7-8,16-18H,4-6,9-14H2;(H,6,7)/t16-,17+,18-;/m0./s1. The summed E-state index contributed by atoms with van der Waals surface area (Å²) in [6, 6.07) is 10.1. The zero-order valence-corrected chi connectivity index (χ0v) is 16.7. The first kappa shape index (κ1) is 22.6. The van der Waals surface area contributed by atoms with Crippen LogP contribution in [0.2, 0.25) is 0 Å². The number of likely N-dealkylation sites (tertiary alicyclic amines) is 2. The van der Waals surface area contributed by atoms with Crippen molar-refractivity contribution in [1.82, 2.24) is 9.80 Å². The predicted octanol–water partition coefficient (Wildman–Crippen LogP) is 3.04. The van der Waals surface area contributed by atoms with E-state index < -0.39 is 12.1 Å². The van der Waals surface area contributed by atoms with Gasteiger partial charge in [0.1, 0.15) is 0 Å². The average molecular weight is 428 g/mol. The first-order valence-electron chi connectivity index (χ1n) is 10.3. The molecule has 3 saturated heterocycles. The zero-order valence-electron chi connectivity index (χ0n) is 16.7. The Labute approximate surface area is 173 Å². The van der Waals surface area contributed by atoms with E-state index in [-0.39, 0.29) is 5.91 Å². The molecule has 30 heavy (non-hydrogen) atoms. The number of ether oxygens (including phenoxy) is 1. The number of alkyl halides is 3. The summed E-state index contributed by atoms with van der Waals surface area (Å²) in [6.45, 7) is 4.87. The average Bonchev–Trinajstić information content (AvgIpc) is 3.27. The lowest BCUT2D eigenvalue weighted by molar-refractivity contribution is -0.192. The minimum atomic E-state index is -5.08. The van der Waals surface area contributed by atoms with Gasteiger partial charge in [0, 0.05) is 31.2 Å². The molecule has 3 aliphatic rings. The molecule has 1 aromatic carbocycles. The number of rotatable bonds is 2. The summed E-state index contributed by atoms with van der Waals surface area (Å²) in [7, 11) is 0. The van der Waals surface area contributed by atoms with Crippen LogP contribution in [0.4, 0.5) is 13.2 Å². The lowest BCUT2D eigenvalue weighted by Crippen LogP contribution is -2.61. The number of hydrogen-bond acceptors (Lipinski definition) is 4. The van der Waals surface area contributed by atoms with E-state index in [4.69, 9.17) is 14.6 Å². The summed E-state index contributed by atoms with van der Waals surface area (Å²) in [5.41, 5.74) is 0.808. The van der Waals surface area contributed by atoms with E-state index >= 15 is 0 Å². The van der Waals surface area contributed by atoms with E-state index in [9.17, 15) is 18.0 Å². The molecule has 0 aliphatic carbocycles. The number of fused-ring (bicyclic) bond motifs is 1. The van der Waals surface area contributed by atoms with Crippen LogP contribution in [0.15, 0.2) is 30.3 Å². The molecule has 166 valence electrons. The Balaban J connectivity index is 0.000000318. The first-order chi connectivity index (χ1) is 14.3. The van der Waals surface area contributed by atoms with Gasteiger partial charge in [-0.25, -0.2) is 4.79 Å². The Morgan fingerprint density at radius 3 is 2.27 bits per heavy atom. The van der Waals surface area contributed by atoms with Crippen LogP contribution in [-0.4, -0.2) is 77.9 Å². The van der Waals surface area contributed by atoms with Crippen molar-refractivity contribution in [3.05, 3.63) is 35.9 Å². The maximum Gasteiger partial charge on any atom is 0.490 e. The number of piperidine rings is 1. The van der Waals surface area contributed by atoms with Crippen LogP contribution >= 0.6 is 0 Å². The fourth-order valence-electron chi connectivity index (χ4n) is 4.50. The van der Waals surface area contributed by atoms with Crippen LogP contribution in [0, 0.1) is 5.92 Å². The second kappa shape index (κ2) is 9.78. The highest BCUT2D eigenvalue weighted by Gasteiger charge is 2.43. The molecule has 1 N–H and O–H groups in total. The monoisotopic (exact) mass is 428 g/mol. The molecule has 9 heteroatoms. The molecule has 0 radical (unpaired) electrons. The van der Waals surface area contributed by atoms with Gasteiger partial charge in [0.05, 0.1) is 12.1 Å². The van der Waals surface area contributed by atoms with E-state index in [1.165, 1.54) is 19.3 Å². The second-order valence-corrected chi connectivity index (χ2v) is 7.93. The number of nitrogens with zero attached hydrogens (tertiary/aromatic N) is 2. The van der Waals surface area contributed by atoms with Gasteiger partial charge >= 0.3 is 12.1 Å². The maximum atomic E-state index is 12.9. The summed E-state index contributed by atoms with van der Waals surface area (Å²) in [5.74, 6) is -2.08. The Bertz CT molecular complexity index is 723. The van der Waals surface area contributed by atoms with Crippen molar-refractivity contribution < 1.29 is 32.6 Å². The van der Waals surface area contributed by atoms with Gasteiger partial charge in [0.2, 0.25) is 0 Å². The topological polar surface area (TPSA) is 70.1 Å². The normalized spacial score (nSPS) is 27.0. The number of hydrogen-bond donors (Lipinski definition) is 1. The number of carbonyl (C=O) groups excluding carboxylic acids is 1. The van der Waals surface area contributed by atoms with Gasteiger partial charge in [0.15, 0.2) is 0 Å². The summed E-state index contributed by atoms with van der Waals surface area (Å²) in [6.07, 6.45) is 0.109. The lowest BCUT2D eigenvalue weighted by atomic mass is 9.84. The van der Waals surface area contributed by atoms with Crippen LogP contribution < -0.4 is 0 Å². The second-order valence-electron chi connectivity index (χ2n) is 7.93. The van der Waals surface area contributed by atoms with Crippen LogP contribution in [0.3, 0.4) is 0 Å². The Kier molecular flexibility index (Phi) is 7.36. The van der Waals surface area contributed by atoms with Crippen LogP contribution in [0.25, 0.3) is 0 Å². The van der Waals surface area contributed by atoms with Gasteiger partial charge in [0.25, 0.3) is 5.91 Å². The molecule has 3 aliphatic heterocycles. The highest BCUT2D eigenvalue weighted by atomic mass is 19.4. The van der Waals surface area contributed by atoms with Crippen LogP contribution in [0.1, 0.15) is 36.0 Å². The van der Waals surface area contributed by atoms with Gasteiger partial charge in [-0.3, -0.25) is 9.69 Å². The SMILES string of the molecule is O=C(O)C(F)(F)F.O=C(c1ccccc1)N1C[C@@H]2CCCO[C@@H]2[C@H](N2CCCC2)C1. The highest BCUT2D eigenvalue weighted by molar-refractivity contribution is 5.94. The number of aliphatic carboxylic acids is 1. The molecule has 0 saturated carbocycles. The molecule has 6 nitrogen and oxygen atoms in total. The molecule has 0 unspecified atom stereocenters. The van der Waals surface area contributed by atoms with Crippen molar-refractivity contribution in [3.63, 3.8) is 0 Å². The minimum absolute atomic E-state index is 0.179. The predicted molar refractivity (Wildman–Crippen MR) is 103 cm³/mol. The number of carboxylic acid groups (broad SMARTS) is 1. The molecule has 3 atom stereocenters. The Morgan fingerprint density at radius 1 is 1.03 bits per heavy atom. The van der Waals surface area contributed by atoms with Crippen molar-refractivity contribution >= 4 is 11.9 Å². The highest BCUT2D eigenvalue weighted by Crippen LogP contribution is 2.33. The Morgan fingerprint density at radius 2 is 1.67 bits per heavy atom. The summed E-state index contributed by atoms with van der Waals surface area (Å²) < 4.78 is 37.9. The fraction of sp³-hybridized carbons (Fsp3) is 0.619. The van der Waals surface area contributed by atoms with Crippen LogP contribution in [-0.2, 0) is 9.53 Å². The molecule has 1 aromatic rings. The summed E-state index contributed by atoms with van der Waals surface area (Å²) in [4.78, 5) is 26.4. The third-order valence-corrected chi connectivity index (χ3v) is 5.90.